The summed E-state index contributed by atoms with van der Waals surface area (Å²) in [4.78, 5) is 23.8. The highest BCUT2D eigenvalue weighted by atomic mass is 16.7. The minimum absolute atomic E-state index is 0.00466. The maximum Gasteiger partial charge on any atom is 0.229 e. The van der Waals surface area contributed by atoms with Crippen molar-refractivity contribution in [3.05, 3.63) is 23.3 Å². The molecule has 33 heavy (non-hydrogen) atoms. The maximum atomic E-state index is 12.6. The highest BCUT2D eigenvalue weighted by Crippen LogP contribution is 2.60. The van der Waals surface area contributed by atoms with Crippen molar-refractivity contribution in [1.82, 2.24) is 0 Å². The first-order valence-corrected chi connectivity index (χ1v) is 11.6. The SMILES string of the molecule is C[C@]12CC[C@@H]3c4cc(O[C@@H]5O[C@H](C(=O)[O-])[C@@H](O)[C@H](O)[C@H]5O)c(O)cc4CC[C@H]3[C@@H]1CCC2=O. The molecule has 0 spiro atoms. The van der Waals surface area contributed by atoms with Gasteiger partial charge in [-0.1, -0.05) is 6.92 Å². The Labute approximate surface area is 190 Å². The van der Waals surface area contributed by atoms with Gasteiger partial charge in [-0.3, -0.25) is 4.79 Å². The number of benzene rings is 1. The fourth-order valence-electron chi connectivity index (χ4n) is 6.72. The molecular weight excluding hydrogens is 432 g/mol. The molecule has 0 unspecified atom stereocenters. The Kier molecular flexibility index (Phi) is 5.43. The summed E-state index contributed by atoms with van der Waals surface area (Å²) >= 11 is 0. The van der Waals surface area contributed by atoms with Crippen molar-refractivity contribution < 1.29 is 44.6 Å². The lowest BCUT2D eigenvalue weighted by molar-refractivity contribution is -0.342. The number of phenols is 1. The van der Waals surface area contributed by atoms with Gasteiger partial charge in [0, 0.05) is 11.8 Å². The number of aliphatic hydroxyl groups excluding tert-OH is 3. The van der Waals surface area contributed by atoms with Crippen LogP contribution in [0.15, 0.2) is 12.1 Å². The molecule has 0 radical (unpaired) electrons. The topological polar surface area (TPSA) is 157 Å². The van der Waals surface area contributed by atoms with Crippen molar-refractivity contribution >= 4 is 11.8 Å². The number of rotatable bonds is 3. The van der Waals surface area contributed by atoms with Gasteiger partial charge < -0.3 is 39.8 Å². The number of carbonyl (C=O) groups is 2. The Morgan fingerprint density at radius 2 is 1.88 bits per heavy atom. The normalized spacial score (nSPS) is 42.2. The minimum atomic E-state index is -1.89. The largest absolute Gasteiger partial charge is 0.547 e. The van der Waals surface area contributed by atoms with E-state index in [-0.39, 0.29) is 22.8 Å². The molecule has 4 N–H and O–H groups in total. The van der Waals surface area contributed by atoms with E-state index in [1.807, 2.05) is 0 Å². The lowest BCUT2D eigenvalue weighted by Gasteiger charge is -2.48. The maximum absolute atomic E-state index is 12.6. The highest BCUT2D eigenvalue weighted by molar-refractivity contribution is 5.87. The number of aliphatic hydroxyl groups is 3. The number of ether oxygens (including phenoxy) is 2. The number of hydrogen-bond donors (Lipinski definition) is 4. The number of phenolic OH excluding ortho intramolecular Hbond substituents is 1. The summed E-state index contributed by atoms with van der Waals surface area (Å²) in [6.45, 7) is 2.10. The third-order valence-electron chi connectivity index (χ3n) is 8.56. The van der Waals surface area contributed by atoms with E-state index >= 15 is 0 Å². The summed E-state index contributed by atoms with van der Waals surface area (Å²) in [5.41, 5.74) is 1.76. The van der Waals surface area contributed by atoms with Gasteiger partial charge in [0.05, 0.1) is 5.97 Å². The van der Waals surface area contributed by atoms with Crippen molar-refractivity contribution in [2.75, 3.05) is 0 Å². The van der Waals surface area contributed by atoms with Gasteiger partial charge >= 0.3 is 0 Å². The fraction of sp³-hybridized carbons (Fsp3) is 0.667. The second kappa shape index (κ2) is 7.94. The van der Waals surface area contributed by atoms with Crippen LogP contribution in [-0.2, 0) is 20.7 Å². The molecule has 2 saturated carbocycles. The number of carboxylic acids is 1. The molecule has 0 aromatic heterocycles. The third kappa shape index (κ3) is 3.44. The number of carbonyl (C=O) groups excluding carboxylic acids is 2. The number of hydrogen-bond acceptors (Lipinski definition) is 9. The van der Waals surface area contributed by atoms with Crippen LogP contribution in [0.4, 0.5) is 0 Å². The Morgan fingerprint density at radius 1 is 1.12 bits per heavy atom. The molecule has 4 aliphatic rings. The Bertz CT molecular complexity index is 977. The molecule has 0 bridgehead atoms. The van der Waals surface area contributed by atoms with E-state index in [9.17, 15) is 35.1 Å². The first-order chi connectivity index (χ1) is 15.6. The van der Waals surface area contributed by atoms with Gasteiger partial charge in [-0.05, 0) is 73.1 Å². The number of aryl methyl sites for hydroxylation is 1. The van der Waals surface area contributed by atoms with Crippen LogP contribution in [0.2, 0.25) is 0 Å². The Balaban J connectivity index is 1.42. The first-order valence-electron chi connectivity index (χ1n) is 11.6. The van der Waals surface area contributed by atoms with Crippen LogP contribution in [0.25, 0.3) is 0 Å². The predicted octanol–water partition coefficient (Wildman–Crippen LogP) is -0.246. The average Bonchev–Trinajstić information content (AvgIpc) is 3.08. The van der Waals surface area contributed by atoms with Crippen LogP contribution in [0.3, 0.4) is 0 Å². The van der Waals surface area contributed by atoms with E-state index in [0.717, 1.165) is 43.2 Å². The van der Waals surface area contributed by atoms with Gasteiger partial charge in [-0.25, -0.2) is 0 Å². The van der Waals surface area contributed by atoms with E-state index in [4.69, 9.17) is 9.47 Å². The molecule has 1 aromatic rings. The van der Waals surface area contributed by atoms with Crippen LogP contribution in [0.5, 0.6) is 11.5 Å². The molecule has 9 nitrogen and oxygen atoms in total. The predicted molar refractivity (Wildman–Crippen MR) is 110 cm³/mol. The molecule has 3 aliphatic carbocycles. The monoisotopic (exact) mass is 461 g/mol. The van der Waals surface area contributed by atoms with E-state index in [0.29, 0.717) is 24.0 Å². The van der Waals surface area contributed by atoms with Crippen LogP contribution < -0.4 is 9.84 Å². The van der Waals surface area contributed by atoms with Crippen molar-refractivity contribution in [3.63, 3.8) is 0 Å². The summed E-state index contributed by atoms with van der Waals surface area (Å²) < 4.78 is 10.8. The van der Waals surface area contributed by atoms with E-state index in [1.165, 1.54) is 0 Å². The molecule has 1 aliphatic heterocycles. The zero-order chi connectivity index (χ0) is 23.7. The molecule has 9 atom stereocenters. The second-order valence-corrected chi connectivity index (χ2v) is 10.2. The lowest BCUT2D eigenvalue weighted by atomic mass is 9.55. The lowest BCUT2D eigenvalue weighted by Crippen LogP contribution is -2.63. The highest BCUT2D eigenvalue weighted by Gasteiger charge is 2.54. The molecule has 1 saturated heterocycles. The van der Waals surface area contributed by atoms with Crippen LogP contribution >= 0.6 is 0 Å². The molecule has 9 heteroatoms. The number of fused-ring (bicyclic) bond motifs is 5. The van der Waals surface area contributed by atoms with Crippen LogP contribution in [-0.4, -0.2) is 62.9 Å². The van der Waals surface area contributed by atoms with Crippen LogP contribution in [0.1, 0.15) is 56.1 Å². The van der Waals surface area contributed by atoms with Crippen molar-refractivity contribution in [3.8, 4) is 11.5 Å². The van der Waals surface area contributed by atoms with Gasteiger partial charge in [0.1, 0.15) is 30.2 Å². The van der Waals surface area contributed by atoms with Gasteiger partial charge in [0.15, 0.2) is 11.5 Å². The van der Waals surface area contributed by atoms with Gasteiger partial charge in [0.25, 0.3) is 0 Å². The first kappa shape index (κ1) is 22.6. The number of aromatic hydroxyl groups is 1. The van der Waals surface area contributed by atoms with E-state index < -0.39 is 36.7 Å². The Morgan fingerprint density at radius 3 is 2.61 bits per heavy atom. The zero-order valence-electron chi connectivity index (χ0n) is 18.3. The average molecular weight is 461 g/mol. The van der Waals surface area contributed by atoms with Crippen molar-refractivity contribution in [1.29, 1.82) is 0 Å². The van der Waals surface area contributed by atoms with E-state index in [2.05, 4.69) is 6.92 Å². The van der Waals surface area contributed by atoms with Crippen LogP contribution in [0, 0.1) is 17.3 Å². The molecular formula is C24H29O9-. The molecule has 1 aromatic carbocycles. The molecule has 1 heterocycles. The summed E-state index contributed by atoms with van der Waals surface area (Å²) in [5, 5.41) is 51.9. The molecule has 180 valence electrons. The number of ketones is 1. The quantitative estimate of drug-likeness (QED) is 0.477. The molecule has 3 fully saturated rings. The Hall–Kier alpha value is -2.20. The summed E-state index contributed by atoms with van der Waals surface area (Å²) in [6, 6.07) is 3.31. The summed E-state index contributed by atoms with van der Waals surface area (Å²) in [7, 11) is 0. The zero-order valence-corrected chi connectivity index (χ0v) is 18.3. The van der Waals surface area contributed by atoms with Gasteiger partial charge in [-0.15, -0.1) is 0 Å². The minimum Gasteiger partial charge on any atom is -0.547 e. The van der Waals surface area contributed by atoms with Crippen molar-refractivity contribution in [2.45, 2.75) is 82.1 Å². The summed E-state index contributed by atoms with van der Waals surface area (Å²) in [5.74, 6) is -0.689. The van der Waals surface area contributed by atoms with E-state index in [1.54, 1.807) is 12.1 Å². The smallest absolute Gasteiger partial charge is 0.229 e. The van der Waals surface area contributed by atoms with Crippen molar-refractivity contribution in [2.24, 2.45) is 17.3 Å². The standard InChI is InChI=1S/C24H30O9/c1-24-7-6-11-12(14(24)4-5-17(24)26)3-2-10-8-15(25)16(9-13(10)11)32-23-20(29)18(27)19(28)21(33-23)22(30)31/h8-9,11-12,14,18-21,23,25,27-29H,2-7H2,1H3,(H,30,31)/p-1/t11-,12+,14-,18-,19-,20+,21-,23+,24-/m0/s1. The molecule has 5 rings (SSSR count). The number of carboxylic acid groups (broad SMARTS) is 1. The van der Waals surface area contributed by atoms with Gasteiger partial charge in [-0.2, -0.15) is 0 Å². The number of Topliss-reactive ketones (excluding diaryl/α,β-unsaturated/α-hetero) is 1. The second-order valence-electron chi connectivity index (χ2n) is 10.2. The fourth-order valence-corrected chi connectivity index (χ4v) is 6.72. The third-order valence-corrected chi connectivity index (χ3v) is 8.56. The molecule has 0 amide bonds. The van der Waals surface area contributed by atoms with Gasteiger partial charge in [0.2, 0.25) is 6.29 Å². The number of aliphatic carboxylic acids is 1. The summed E-state index contributed by atoms with van der Waals surface area (Å²) in [6.07, 6.45) is -4.05.